The smallest absolute Gasteiger partial charge is 0.156 e. The number of nitrogens with zero attached hydrogens (tertiary/aromatic N) is 2. The lowest BCUT2D eigenvalue weighted by Crippen LogP contribution is -2.40. The number of rotatable bonds is 5. The molecule has 0 bridgehead atoms. The fourth-order valence-corrected chi connectivity index (χ4v) is 1.37. The van der Waals surface area contributed by atoms with Crippen molar-refractivity contribution < 1.29 is 5.21 Å². The second kappa shape index (κ2) is 6.07. The first-order valence-electron chi connectivity index (χ1n) is 5.29. The second-order valence-electron chi connectivity index (χ2n) is 3.67. The number of nitrogens with two attached hydrogens (primary N) is 1. The molecule has 4 N–H and O–H groups in total. The Kier molecular flexibility index (Phi) is 4.72. The molecule has 1 aromatic rings. The monoisotopic (exact) mass is 222 g/mol. The van der Waals surface area contributed by atoms with E-state index in [1.54, 1.807) is 0 Å². The average Bonchev–Trinajstić information content (AvgIpc) is 2.31. The SMILES string of the molecule is CCC(NCc1ccc(C)nc1)C(N)=NO. The van der Waals surface area contributed by atoms with Crippen molar-refractivity contribution in [2.24, 2.45) is 10.9 Å². The predicted molar refractivity (Wildman–Crippen MR) is 63.3 cm³/mol. The van der Waals surface area contributed by atoms with Crippen LogP contribution in [0.3, 0.4) is 0 Å². The number of oxime groups is 1. The van der Waals surface area contributed by atoms with E-state index >= 15 is 0 Å². The van der Waals surface area contributed by atoms with Gasteiger partial charge >= 0.3 is 0 Å². The Morgan fingerprint density at radius 3 is 2.88 bits per heavy atom. The van der Waals surface area contributed by atoms with Gasteiger partial charge in [-0.2, -0.15) is 0 Å². The molecule has 5 nitrogen and oxygen atoms in total. The van der Waals surface area contributed by atoms with Crippen molar-refractivity contribution in [1.29, 1.82) is 0 Å². The van der Waals surface area contributed by atoms with Crippen LogP contribution in [-0.2, 0) is 6.54 Å². The van der Waals surface area contributed by atoms with Crippen molar-refractivity contribution in [3.63, 3.8) is 0 Å². The standard InChI is InChI=1S/C11H18N4O/c1-3-10(11(12)15-16)14-7-9-5-4-8(2)13-6-9/h4-6,10,14,16H,3,7H2,1-2H3,(H2,12,15). The summed E-state index contributed by atoms with van der Waals surface area (Å²) >= 11 is 0. The zero-order chi connectivity index (χ0) is 12.0. The highest BCUT2D eigenvalue weighted by molar-refractivity contribution is 5.85. The molecular weight excluding hydrogens is 204 g/mol. The molecule has 88 valence electrons. The molecule has 16 heavy (non-hydrogen) atoms. The molecule has 1 heterocycles. The molecule has 5 heteroatoms. The third kappa shape index (κ3) is 3.51. The quantitative estimate of drug-likeness (QED) is 0.300. The molecule has 0 spiro atoms. The van der Waals surface area contributed by atoms with E-state index in [0.717, 1.165) is 17.7 Å². The molecule has 0 radical (unpaired) electrons. The Labute approximate surface area is 95.4 Å². The van der Waals surface area contributed by atoms with Crippen LogP contribution in [0.2, 0.25) is 0 Å². The van der Waals surface area contributed by atoms with E-state index in [2.05, 4.69) is 15.5 Å². The lowest BCUT2D eigenvalue weighted by Gasteiger charge is -2.15. The number of aryl methyl sites for hydroxylation is 1. The molecule has 0 saturated heterocycles. The van der Waals surface area contributed by atoms with Crippen LogP contribution < -0.4 is 11.1 Å². The first kappa shape index (κ1) is 12.4. The average molecular weight is 222 g/mol. The Morgan fingerprint density at radius 1 is 1.62 bits per heavy atom. The Bertz CT molecular complexity index is 348. The maximum atomic E-state index is 8.58. The van der Waals surface area contributed by atoms with Crippen molar-refractivity contribution in [2.75, 3.05) is 0 Å². The van der Waals surface area contributed by atoms with E-state index in [-0.39, 0.29) is 11.9 Å². The van der Waals surface area contributed by atoms with Crippen LogP contribution in [0.4, 0.5) is 0 Å². The fourth-order valence-electron chi connectivity index (χ4n) is 1.37. The zero-order valence-electron chi connectivity index (χ0n) is 9.64. The summed E-state index contributed by atoms with van der Waals surface area (Å²) in [6.45, 7) is 4.58. The Morgan fingerprint density at radius 2 is 2.38 bits per heavy atom. The molecule has 0 saturated carbocycles. The number of hydrogen-bond acceptors (Lipinski definition) is 4. The molecule has 0 aromatic carbocycles. The predicted octanol–water partition coefficient (Wildman–Crippen LogP) is 1.00. The first-order valence-corrected chi connectivity index (χ1v) is 5.29. The maximum Gasteiger partial charge on any atom is 0.156 e. The van der Waals surface area contributed by atoms with Gasteiger partial charge in [-0.05, 0) is 25.0 Å². The van der Waals surface area contributed by atoms with Crippen LogP contribution in [0.1, 0.15) is 24.6 Å². The van der Waals surface area contributed by atoms with Crippen molar-refractivity contribution >= 4 is 5.84 Å². The molecule has 1 rings (SSSR count). The summed E-state index contributed by atoms with van der Waals surface area (Å²) in [5, 5.41) is 14.8. The Balaban J connectivity index is 2.53. The van der Waals surface area contributed by atoms with E-state index in [1.165, 1.54) is 0 Å². The zero-order valence-corrected chi connectivity index (χ0v) is 9.64. The summed E-state index contributed by atoms with van der Waals surface area (Å²) in [5.74, 6) is 0.211. The van der Waals surface area contributed by atoms with Gasteiger partial charge in [0.25, 0.3) is 0 Å². The minimum absolute atomic E-state index is 0.105. The van der Waals surface area contributed by atoms with Crippen LogP contribution in [-0.4, -0.2) is 22.1 Å². The van der Waals surface area contributed by atoms with Crippen molar-refractivity contribution in [2.45, 2.75) is 32.9 Å². The number of nitrogens with one attached hydrogen (secondary N) is 1. The maximum absolute atomic E-state index is 8.58. The number of pyridine rings is 1. The molecular formula is C11H18N4O. The number of aromatic nitrogens is 1. The van der Waals surface area contributed by atoms with Crippen LogP contribution >= 0.6 is 0 Å². The minimum Gasteiger partial charge on any atom is -0.409 e. The van der Waals surface area contributed by atoms with Crippen LogP contribution in [0, 0.1) is 6.92 Å². The van der Waals surface area contributed by atoms with Gasteiger partial charge in [0.1, 0.15) is 0 Å². The van der Waals surface area contributed by atoms with Gasteiger partial charge in [-0.3, -0.25) is 4.98 Å². The summed E-state index contributed by atoms with van der Waals surface area (Å²) in [7, 11) is 0. The molecule has 1 aromatic heterocycles. The van der Waals surface area contributed by atoms with E-state index in [9.17, 15) is 0 Å². The number of hydrogen-bond donors (Lipinski definition) is 3. The van der Waals surface area contributed by atoms with Crippen LogP contribution in [0.5, 0.6) is 0 Å². The summed E-state index contributed by atoms with van der Waals surface area (Å²) < 4.78 is 0. The van der Waals surface area contributed by atoms with Crippen molar-refractivity contribution in [1.82, 2.24) is 10.3 Å². The number of amidine groups is 1. The topological polar surface area (TPSA) is 83.5 Å². The van der Waals surface area contributed by atoms with E-state index < -0.39 is 0 Å². The highest BCUT2D eigenvalue weighted by atomic mass is 16.4. The van der Waals surface area contributed by atoms with Crippen molar-refractivity contribution in [3.05, 3.63) is 29.6 Å². The second-order valence-corrected chi connectivity index (χ2v) is 3.67. The molecule has 0 aliphatic heterocycles. The van der Waals surface area contributed by atoms with Gasteiger partial charge in [-0.25, -0.2) is 0 Å². The summed E-state index contributed by atoms with van der Waals surface area (Å²) in [6.07, 6.45) is 2.59. The highest BCUT2D eigenvalue weighted by Crippen LogP contribution is 2.00. The normalized spacial score (nSPS) is 13.8. The van der Waals surface area contributed by atoms with Gasteiger partial charge in [0.15, 0.2) is 5.84 Å². The highest BCUT2D eigenvalue weighted by Gasteiger charge is 2.10. The van der Waals surface area contributed by atoms with Gasteiger partial charge in [0.2, 0.25) is 0 Å². The third-order valence-corrected chi connectivity index (χ3v) is 2.41. The van der Waals surface area contributed by atoms with Gasteiger partial charge in [0.05, 0.1) is 6.04 Å². The van der Waals surface area contributed by atoms with Gasteiger partial charge < -0.3 is 16.3 Å². The van der Waals surface area contributed by atoms with Gasteiger partial charge in [-0.15, -0.1) is 0 Å². The summed E-state index contributed by atoms with van der Waals surface area (Å²) in [6, 6.07) is 3.86. The third-order valence-electron chi connectivity index (χ3n) is 2.41. The molecule has 0 amide bonds. The van der Waals surface area contributed by atoms with Gasteiger partial charge in [0, 0.05) is 18.4 Å². The van der Waals surface area contributed by atoms with Crippen molar-refractivity contribution in [3.8, 4) is 0 Å². The molecule has 1 unspecified atom stereocenters. The first-order chi connectivity index (χ1) is 7.67. The minimum atomic E-state index is -0.105. The fraction of sp³-hybridized carbons (Fsp3) is 0.455. The Hall–Kier alpha value is -1.62. The molecule has 0 aliphatic rings. The van der Waals surface area contributed by atoms with E-state index in [1.807, 2.05) is 32.2 Å². The summed E-state index contributed by atoms with van der Waals surface area (Å²) in [5.41, 5.74) is 7.61. The lowest BCUT2D eigenvalue weighted by atomic mass is 10.2. The molecule has 0 fully saturated rings. The van der Waals surface area contributed by atoms with Crippen LogP contribution in [0.25, 0.3) is 0 Å². The summed E-state index contributed by atoms with van der Waals surface area (Å²) in [4.78, 5) is 4.20. The largest absolute Gasteiger partial charge is 0.409 e. The van der Waals surface area contributed by atoms with E-state index in [0.29, 0.717) is 6.54 Å². The molecule has 1 atom stereocenters. The lowest BCUT2D eigenvalue weighted by molar-refractivity contribution is 0.314. The van der Waals surface area contributed by atoms with E-state index in [4.69, 9.17) is 10.9 Å². The van der Waals surface area contributed by atoms with Crippen LogP contribution in [0.15, 0.2) is 23.5 Å². The molecule has 0 aliphatic carbocycles. The van der Waals surface area contributed by atoms with Gasteiger partial charge in [-0.1, -0.05) is 18.1 Å².